The fourth-order valence-corrected chi connectivity index (χ4v) is 4.07. The summed E-state index contributed by atoms with van der Waals surface area (Å²) in [6, 6.07) is 14.4. The molecule has 0 unspecified atom stereocenters. The number of nitrogens with one attached hydrogen (secondary N) is 1. The van der Waals surface area contributed by atoms with Gasteiger partial charge < -0.3 is 10.2 Å². The summed E-state index contributed by atoms with van der Waals surface area (Å²) in [7, 11) is 0. The standard InChI is InChI=1S/C23H26ClN3O/c24-20-5-3-6-21(17-20)27-14-12-26(13-15-27)11-2-1-4-18-7-9-22-19(16-18)8-10-23(28)25-22/h1,3-7,9,16-17H,2,8,10-15H2,(H,25,28)/b4-1+. The number of amides is 1. The number of anilines is 2. The number of benzene rings is 2. The van der Waals surface area contributed by atoms with Crippen LogP contribution in [0.15, 0.2) is 48.5 Å². The van der Waals surface area contributed by atoms with Crippen LogP contribution in [-0.4, -0.2) is 43.5 Å². The number of hydrogen-bond donors (Lipinski definition) is 1. The number of halogens is 1. The maximum absolute atomic E-state index is 11.4. The van der Waals surface area contributed by atoms with Gasteiger partial charge in [-0.1, -0.05) is 35.9 Å². The predicted octanol–water partition coefficient (Wildman–Crippen LogP) is 4.45. The molecule has 2 aliphatic rings. The molecule has 1 fully saturated rings. The Morgan fingerprint density at radius 2 is 1.89 bits per heavy atom. The largest absolute Gasteiger partial charge is 0.369 e. The Morgan fingerprint density at radius 3 is 2.71 bits per heavy atom. The molecule has 28 heavy (non-hydrogen) atoms. The zero-order chi connectivity index (χ0) is 19.3. The molecule has 4 nitrogen and oxygen atoms in total. The third-order valence-corrected chi connectivity index (χ3v) is 5.73. The predicted molar refractivity (Wildman–Crippen MR) is 117 cm³/mol. The summed E-state index contributed by atoms with van der Waals surface area (Å²) in [5.41, 5.74) is 4.63. The zero-order valence-corrected chi connectivity index (χ0v) is 16.8. The normalized spacial score (nSPS) is 17.6. The molecule has 2 aliphatic heterocycles. The highest BCUT2D eigenvalue weighted by atomic mass is 35.5. The van der Waals surface area contributed by atoms with E-state index in [1.54, 1.807) is 0 Å². The number of aryl methyl sites for hydroxylation is 1. The molecule has 4 rings (SSSR count). The number of carbonyl (C=O) groups excluding carboxylic acids is 1. The van der Waals surface area contributed by atoms with Crippen molar-refractivity contribution in [3.8, 4) is 0 Å². The molecule has 0 saturated carbocycles. The molecule has 0 radical (unpaired) electrons. The lowest BCUT2D eigenvalue weighted by molar-refractivity contribution is -0.116. The second kappa shape index (κ2) is 8.80. The minimum absolute atomic E-state index is 0.117. The molecule has 5 heteroatoms. The van der Waals surface area contributed by atoms with Crippen LogP contribution in [-0.2, 0) is 11.2 Å². The average Bonchev–Trinajstić information content (AvgIpc) is 2.72. The van der Waals surface area contributed by atoms with Gasteiger partial charge in [-0.25, -0.2) is 0 Å². The Bertz CT molecular complexity index is 872. The van der Waals surface area contributed by atoms with E-state index in [2.05, 4.69) is 45.5 Å². The lowest BCUT2D eigenvalue weighted by atomic mass is 10.00. The molecule has 2 aromatic carbocycles. The Balaban J connectivity index is 1.23. The van der Waals surface area contributed by atoms with Crippen molar-refractivity contribution in [1.29, 1.82) is 0 Å². The molecule has 0 aromatic heterocycles. The van der Waals surface area contributed by atoms with Gasteiger partial charge in [-0.05, 0) is 54.3 Å². The van der Waals surface area contributed by atoms with Crippen LogP contribution >= 0.6 is 11.6 Å². The maximum atomic E-state index is 11.4. The van der Waals surface area contributed by atoms with Crippen LogP contribution < -0.4 is 10.2 Å². The van der Waals surface area contributed by atoms with E-state index in [1.807, 2.05) is 24.3 Å². The van der Waals surface area contributed by atoms with E-state index in [0.29, 0.717) is 6.42 Å². The van der Waals surface area contributed by atoms with E-state index in [1.165, 1.54) is 16.8 Å². The first kappa shape index (κ1) is 19.0. The van der Waals surface area contributed by atoms with Gasteiger partial charge in [0, 0.05) is 55.5 Å². The van der Waals surface area contributed by atoms with E-state index in [4.69, 9.17) is 11.6 Å². The highest BCUT2D eigenvalue weighted by molar-refractivity contribution is 6.30. The van der Waals surface area contributed by atoms with Crippen molar-refractivity contribution in [3.05, 3.63) is 64.7 Å². The molecule has 0 aliphatic carbocycles. The van der Waals surface area contributed by atoms with Crippen LogP contribution in [0.25, 0.3) is 6.08 Å². The molecule has 0 bridgehead atoms. The number of nitrogens with zero attached hydrogens (tertiary/aromatic N) is 2. The molecular weight excluding hydrogens is 370 g/mol. The van der Waals surface area contributed by atoms with Crippen molar-refractivity contribution in [3.63, 3.8) is 0 Å². The van der Waals surface area contributed by atoms with Gasteiger partial charge in [0.05, 0.1) is 0 Å². The highest BCUT2D eigenvalue weighted by Crippen LogP contribution is 2.24. The minimum Gasteiger partial charge on any atom is -0.369 e. The first-order valence-electron chi connectivity index (χ1n) is 9.99. The Morgan fingerprint density at radius 1 is 1.04 bits per heavy atom. The van der Waals surface area contributed by atoms with E-state index < -0.39 is 0 Å². The Hall–Kier alpha value is -2.30. The second-order valence-corrected chi connectivity index (χ2v) is 7.90. The monoisotopic (exact) mass is 395 g/mol. The molecule has 0 atom stereocenters. The summed E-state index contributed by atoms with van der Waals surface area (Å²) >= 11 is 6.11. The van der Waals surface area contributed by atoms with Gasteiger partial charge in [0.2, 0.25) is 5.91 Å². The topological polar surface area (TPSA) is 35.6 Å². The van der Waals surface area contributed by atoms with Gasteiger partial charge in [-0.15, -0.1) is 0 Å². The van der Waals surface area contributed by atoms with Gasteiger partial charge in [0.25, 0.3) is 0 Å². The first-order chi connectivity index (χ1) is 13.7. The first-order valence-corrected chi connectivity index (χ1v) is 10.4. The molecule has 0 spiro atoms. The van der Waals surface area contributed by atoms with Crippen LogP contribution in [0.1, 0.15) is 24.0 Å². The molecule has 1 amide bonds. The molecule has 2 aromatic rings. The lowest BCUT2D eigenvalue weighted by Crippen LogP contribution is -2.46. The van der Waals surface area contributed by atoms with Crippen molar-refractivity contribution in [1.82, 2.24) is 4.90 Å². The number of rotatable bonds is 5. The highest BCUT2D eigenvalue weighted by Gasteiger charge is 2.17. The minimum atomic E-state index is 0.117. The summed E-state index contributed by atoms with van der Waals surface area (Å²) in [5.74, 6) is 0.117. The van der Waals surface area contributed by atoms with Crippen molar-refractivity contribution < 1.29 is 4.79 Å². The average molecular weight is 396 g/mol. The second-order valence-electron chi connectivity index (χ2n) is 7.46. The quantitative estimate of drug-likeness (QED) is 0.812. The van der Waals surface area contributed by atoms with Crippen molar-refractivity contribution in [2.24, 2.45) is 0 Å². The molecule has 1 N–H and O–H groups in total. The Kier molecular flexibility index (Phi) is 5.98. The lowest BCUT2D eigenvalue weighted by Gasteiger charge is -2.36. The molecule has 146 valence electrons. The maximum Gasteiger partial charge on any atom is 0.224 e. The SMILES string of the molecule is O=C1CCc2cc(/C=C/CCN3CCN(c4cccc(Cl)c4)CC3)ccc2N1. The third kappa shape index (κ3) is 4.75. The summed E-state index contributed by atoms with van der Waals surface area (Å²) in [6.45, 7) is 5.33. The van der Waals surface area contributed by atoms with Crippen LogP contribution in [0.5, 0.6) is 0 Å². The summed E-state index contributed by atoms with van der Waals surface area (Å²) in [6.07, 6.45) is 6.91. The van der Waals surface area contributed by atoms with Crippen LogP contribution in [0.3, 0.4) is 0 Å². The van der Waals surface area contributed by atoms with E-state index in [0.717, 1.165) is 56.3 Å². The molecule has 1 saturated heterocycles. The summed E-state index contributed by atoms with van der Waals surface area (Å²) in [4.78, 5) is 16.4. The van der Waals surface area contributed by atoms with Gasteiger partial charge in [-0.2, -0.15) is 0 Å². The fraction of sp³-hybridized carbons (Fsp3) is 0.348. The molecule has 2 heterocycles. The van der Waals surface area contributed by atoms with Crippen LogP contribution in [0, 0.1) is 0 Å². The number of fused-ring (bicyclic) bond motifs is 1. The van der Waals surface area contributed by atoms with Gasteiger partial charge in [0.15, 0.2) is 0 Å². The number of piperazine rings is 1. The van der Waals surface area contributed by atoms with Crippen molar-refractivity contribution in [2.45, 2.75) is 19.3 Å². The van der Waals surface area contributed by atoms with Crippen molar-refractivity contribution >= 4 is 35.0 Å². The van der Waals surface area contributed by atoms with Crippen LogP contribution in [0.4, 0.5) is 11.4 Å². The van der Waals surface area contributed by atoms with Crippen LogP contribution in [0.2, 0.25) is 5.02 Å². The zero-order valence-electron chi connectivity index (χ0n) is 16.0. The molecular formula is C23H26ClN3O. The number of carbonyl (C=O) groups is 1. The van der Waals surface area contributed by atoms with E-state index in [-0.39, 0.29) is 5.91 Å². The van der Waals surface area contributed by atoms with Gasteiger partial charge in [-0.3, -0.25) is 9.69 Å². The Labute approximate surface area is 171 Å². The van der Waals surface area contributed by atoms with Gasteiger partial charge in [0.1, 0.15) is 0 Å². The van der Waals surface area contributed by atoms with Gasteiger partial charge >= 0.3 is 0 Å². The number of hydrogen-bond acceptors (Lipinski definition) is 3. The summed E-state index contributed by atoms with van der Waals surface area (Å²) in [5, 5.41) is 3.74. The van der Waals surface area contributed by atoms with E-state index >= 15 is 0 Å². The fourth-order valence-electron chi connectivity index (χ4n) is 3.89. The summed E-state index contributed by atoms with van der Waals surface area (Å²) < 4.78 is 0. The van der Waals surface area contributed by atoms with Crippen molar-refractivity contribution in [2.75, 3.05) is 42.9 Å². The van der Waals surface area contributed by atoms with E-state index in [9.17, 15) is 4.79 Å². The third-order valence-electron chi connectivity index (χ3n) is 5.49. The smallest absolute Gasteiger partial charge is 0.224 e.